The predicted octanol–water partition coefficient (Wildman–Crippen LogP) is 5.76. The van der Waals surface area contributed by atoms with E-state index in [1.54, 1.807) is 0 Å². The Balaban J connectivity index is 1.75. The third-order valence-corrected chi connectivity index (χ3v) is 4.72. The van der Waals surface area contributed by atoms with E-state index in [2.05, 4.69) is 19.1 Å². The molecular formula is C21H40O3. The van der Waals surface area contributed by atoms with Crippen molar-refractivity contribution in [2.75, 3.05) is 13.2 Å². The van der Waals surface area contributed by atoms with Crippen LogP contribution in [0.5, 0.6) is 0 Å². The van der Waals surface area contributed by atoms with Gasteiger partial charge in [-0.05, 0) is 38.5 Å². The largest absolute Gasteiger partial charge is 0.394 e. The minimum absolute atomic E-state index is 0.0723. The Morgan fingerprint density at radius 1 is 0.833 bits per heavy atom. The van der Waals surface area contributed by atoms with E-state index in [-0.39, 0.29) is 19.0 Å². The Kier molecular flexibility index (Phi) is 14.5. The summed E-state index contributed by atoms with van der Waals surface area (Å²) in [6, 6.07) is 0. The van der Waals surface area contributed by atoms with E-state index >= 15 is 0 Å². The lowest BCUT2D eigenvalue weighted by molar-refractivity contribution is -0.0701. The molecule has 0 spiro atoms. The molecule has 24 heavy (non-hydrogen) atoms. The van der Waals surface area contributed by atoms with E-state index in [0.29, 0.717) is 6.61 Å². The molecular weight excluding hydrogens is 300 g/mol. The van der Waals surface area contributed by atoms with E-state index < -0.39 is 0 Å². The van der Waals surface area contributed by atoms with Gasteiger partial charge in [-0.2, -0.15) is 0 Å². The van der Waals surface area contributed by atoms with E-state index in [1.165, 1.54) is 77.0 Å². The number of hydrogen-bond donors (Lipinski definition) is 1. The standard InChI is InChI=1S/C21H40O3/c1-2-3-4-5-6-7-8-9-10-11-12-13-14-15-16-17-21-23-19-20(18-22)24-21/h9-10,20-22H,2-8,11-19H2,1H3. The highest BCUT2D eigenvalue weighted by molar-refractivity contribution is 4.81. The smallest absolute Gasteiger partial charge is 0.158 e. The van der Waals surface area contributed by atoms with Gasteiger partial charge in [-0.15, -0.1) is 0 Å². The fourth-order valence-corrected chi connectivity index (χ4v) is 3.14. The first-order valence-electron chi connectivity index (χ1n) is 10.4. The van der Waals surface area contributed by atoms with Gasteiger partial charge in [0.05, 0.1) is 13.2 Å². The van der Waals surface area contributed by atoms with Gasteiger partial charge in [-0.1, -0.05) is 70.4 Å². The molecule has 1 fully saturated rings. The van der Waals surface area contributed by atoms with Crippen molar-refractivity contribution in [1.82, 2.24) is 0 Å². The summed E-state index contributed by atoms with van der Waals surface area (Å²) in [6.45, 7) is 2.89. The van der Waals surface area contributed by atoms with Crippen LogP contribution in [0.2, 0.25) is 0 Å². The second kappa shape index (κ2) is 16.1. The summed E-state index contributed by atoms with van der Waals surface area (Å²) >= 11 is 0. The summed E-state index contributed by atoms with van der Waals surface area (Å²) in [4.78, 5) is 0. The molecule has 0 aliphatic carbocycles. The first-order valence-corrected chi connectivity index (χ1v) is 10.4. The second-order valence-corrected chi connectivity index (χ2v) is 7.08. The molecule has 0 aromatic heterocycles. The first-order chi connectivity index (χ1) is 11.9. The van der Waals surface area contributed by atoms with E-state index in [4.69, 9.17) is 14.6 Å². The van der Waals surface area contributed by atoms with Crippen LogP contribution in [-0.4, -0.2) is 30.7 Å². The zero-order valence-corrected chi connectivity index (χ0v) is 15.9. The van der Waals surface area contributed by atoms with E-state index in [1.807, 2.05) is 0 Å². The monoisotopic (exact) mass is 340 g/mol. The van der Waals surface area contributed by atoms with Gasteiger partial charge in [0.25, 0.3) is 0 Å². The zero-order valence-electron chi connectivity index (χ0n) is 15.9. The van der Waals surface area contributed by atoms with Crippen LogP contribution in [0, 0.1) is 0 Å². The fraction of sp³-hybridized carbons (Fsp3) is 0.905. The average Bonchev–Trinajstić information content (AvgIpc) is 3.06. The van der Waals surface area contributed by atoms with Crippen molar-refractivity contribution in [2.24, 2.45) is 0 Å². The van der Waals surface area contributed by atoms with Crippen molar-refractivity contribution in [1.29, 1.82) is 0 Å². The summed E-state index contributed by atoms with van der Waals surface area (Å²) in [5.74, 6) is 0. The topological polar surface area (TPSA) is 38.7 Å². The van der Waals surface area contributed by atoms with E-state index in [9.17, 15) is 0 Å². The van der Waals surface area contributed by atoms with Crippen LogP contribution < -0.4 is 0 Å². The molecule has 3 nitrogen and oxygen atoms in total. The van der Waals surface area contributed by atoms with Crippen molar-refractivity contribution in [3.8, 4) is 0 Å². The Hall–Kier alpha value is -0.380. The zero-order chi connectivity index (χ0) is 17.3. The third kappa shape index (κ3) is 12.0. The maximum atomic E-state index is 8.98. The molecule has 0 amide bonds. The minimum Gasteiger partial charge on any atom is -0.394 e. The molecule has 0 radical (unpaired) electrons. The molecule has 1 aliphatic heterocycles. The number of unbranched alkanes of at least 4 members (excludes halogenated alkanes) is 11. The van der Waals surface area contributed by atoms with Gasteiger partial charge in [-0.25, -0.2) is 0 Å². The molecule has 1 aliphatic rings. The van der Waals surface area contributed by atoms with Crippen molar-refractivity contribution in [2.45, 2.75) is 109 Å². The molecule has 2 atom stereocenters. The Morgan fingerprint density at radius 2 is 1.42 bits per heavy atom. The molecule has 2 unspecified atom stereocenters. The van der Waals surface area contributed by atoms with Crippen LogP contribution in [0.15, 0.2) is 12.2 Å². The highest BCUT2D eigenvalue weighted by Crippen LogP contribution is 2.18. The number of rotatable bonds is 16. The summed E-state index contributed by atoms with van der Waals surface area (Å²) in [5.41, 5.74) is 0. The molecule has 1 heterocycles. The van der Waals surface area contributed by atoms with Gasteiger partial charge in [0.15, 0.2) is 6.29 Å². The lowest BCUT2D eigenvalue weighted by atomic mass is 10.1. The molecule has 1 saturated heterocycles. The molecule has 0 bridgehead atoms. The van der Waals surface area contributed by atoms with Crippen molar-refractivity contribution in [3.63, 3.8) is 0 Å². The number of allylic oxidation sites excluding steroid dienone is 2. The Bertz CT molecular complexity index is 291. The molecule has 142 valence electrons. The first kappa shape index (κ1) is 21.7. The third-order valence-electron chi connectivity index (χ3n) is 4.72. The van der Waals surface area contributed by atoms with Crippen molar-refractivity contribution >= 4 is 0 Å². The van der Waals surface area contributed by atoms with Crippen molar-refractivity contribution in [3.05, 3.63) is 12.2 Å². The van der Waals surface area contributed by atoms with Gasteiger partial charge in [0.2, 0.25) is 0 Å². The van der Waals surface area contributed by atoms with E-state index in [0.717, 1.165) is 12.8 Å². The number of aliphatic hydroxyl groups is 1. The van der Waals surface area contributed by atoms with Crippen LogP contribution in [-0.2, 0) is 9.47 Å². The van der Waals surface area contributed by atoms with Crippen LogP contribution >= 0.6 is 0 Å². The quantitative estimate of drug-likeness (QED) is 0.287. The number of ether oxygens (including phenoxy) is 2. The molecule has 0 aromatic rings. The highest BCUT2D eigenvalue weighted by atomic mass is 16.7. The summed E-state index contributed by atoms with van der Waals surface area (Å²) < 4.78 is 11.0. The summed E-state index contributed by atoms with van der Waals surface area (Å²) in [7, 11) is 0. The Labute approximate surface area is 149 Å². The van der Waals surface area contributed by atoms with Crippen LogP contribution in [0.4, 0.5) is 0 Å². The van der Waals surface area contributed by atoms with Gasteiger partial charge < -0.3 is 14.6 Å². The van der Waals surface area contributed by atoms with Gasteiger partial charge in [-0.3, -0.25) is 0 Å². The average molecular weight is 341 g/mol. The molecule has 0 aromatic carbocycles. The van der Waals surface area contributed by atoms with Crippen molar-refractivity contribution < 1.29 is 14.6 Å². The van der Waals surface area contributed by atoms with Gasteiger partial charge >= 0.3 is 0 Å². The summed E-state index contributed by atoms with van der Waals surface area (Å²) in [5, 5.41) is 8.98. The minimum atomic E-state index is -0.0990. The lowest BCUT2D eigenvalue weighted by Gasteiger charge is -2.09. The fourth-order valence-electron chi connectivity index (χ4n) is 3.14. The van der Waals surface area contributed by atoms with Gasteiger partial charge in [0.1, 0.15) is 6.10 Å². The molecule has 1 N–H and O–H groups in total. The predicted molar refractivity (Wildman–Crippen MR) is 101 cm³/mol. The normalized spacial score (nSPS) is 21.1. The van der Waals surface area contributed by atoms with Crippen LogP contribution in [0.3, 0.4) is 0 Å². The summed E-state index contributed by atoms with van der Waals surface area (Å²) in [6.07, 6.45) is 22.8. The maximum Gasteiger partial charge on any atom is 0.158 e. The lowest BCUT2D eigenvalue weighted by Crippen LogP contribution is -2.16. The molecule has 3 heteroatoms. The Morgan fingerprint density at radius 3 is 2.00 bits per heavy atom. The number of hydrogen-bond acceptors (Lipinski definition) is 3. The van der Waals surface area contributed by atoms with Crippen LogP contribution in [0.1, 0.15) is 96.8 Å². The molecule has 1 rings (SSSR count). The van der Waals surface area contributed by atoms with Crippen LogP contribution in [0.25, 0.3) is 0 Å². The molecule has 0 saturated carbocycles. The number of aliphatic hydroxyl groups excluding tert-OH is 1. The maximum absolute atomic E-state index is 8.98. The van der Waals surface area contributed by atoms with Gasteiger partial charge in [0, 0.05) is 0 Å². The second-order valence-electron chi connectivity index (χ2n) is 7.08. The SMILES string of the molecule is CCCCCCCCC=CCCCCCCCC1OCC(CO)O1. The highest BCUT2D eigenvalue weighted by Gasteiger charge is 2.24.